The van der Waals surface area contributed by atoms with Crippen molar-refractivity contribution in [3.05, 3.63) is 35.0 Å². The number of rotatable bonds is 2. The van der Waals surface area contributed by atoms with Crippen LogP contribution in [0, 0.1) is 0 Å². The second-order valence-corrected chi connectivity index (χ2v) is 3.82. The Hall–Kier alpha value is -2.01. The smallest absolute Gasteiger partial charge is 0.394 e. The Morgan fingerprint density at radius 3 is 2.82 bits per heavy atom. The van der Waals surface area contributed by atoms with E-state index in [0.29, 0.717) is 16.4 Å². The highest BCUT2D eigenvalue weighted by Gasteiger charge is 2.11. The zero-order valence-electron chi connectivity index (χ0n) is 8.57. The SMILES string of the molecule is O=C(O)C(=O)NCc1cc2cc(Cl)ccc2o1. The lowest BCUT2D eigenvalue weighted by atomic mass is 10.2. The number of furan rings is 1. The maximum atomic E-state index is 10.8. The first kappa shape index (κ1) is 11.5. The summed E-state index contributed by atoms with van der Waals surface area (Å²) < 4.78 is 5.39. The van der Waals surface area contributed by atoms with Crippen LogP contribution in [0.5, 0.6) is 0 Å². The van der Waals surface area contributed by atoms with Crippen LogP contribution >= 0.6 is 11.6 Å². The molecule has 0 radical (unpaired) electrons. The third-order valence-electron chi connectivity index (χ3n) is 2.15. The molecule has 0 aliphatic heterocycles. The van der Waals surface area contributed by atoms with Crippen LogP contribution in [0.25, 0.3) is 11.0 Å². The summed E-state index contributed by atoms with van der Waals surface area (Å²) in [4.78, 5) is 21.1. The van der Waals surface area contributed by atoms with Gasteiger partial charge in [0.2, 0.25) is 0 Å². The Labute approximate surface area is 101 Å². The predicted molar refractivity (Wildman–Crippen MR) is 60.7 cm³/mol. The van der Waals surface area contributed by atoms with Gasteiger partial charge in [-0.15, -0.1) is 0 Å². The summed E-state index contributed by atoms with van der Waals surface area (Å²) in [6, 6.07) is 6.82. The largest absolute Gasteiger partial charge is 0.474 e. The Balaban J connectivity index is 2.14. The predicted octanol–water partition coefficient (Wildman–Crippen LogP) is 1.79. The molecule has 6 heteroatoms. The van der Waals surface area contributed by atoms with Gasteiger partial charge in [0, 0.05) is 10.4 Å². The first-order valence-corrected chi connectivity index (χ1v) is 5.13. The van der Waals surface area contributed by atoms with E-state index in [4.69, 9.17) is 21.1 Å². The van der Waals surface area contributed by atoms with Crippen LogP contribution in [0.4, 0.5) is 0 Å². The quantitative estimate of drug-likeness (QED) is 0.800. The topological polar surface area (TPSA) is 79.5 Å². The summed E-state index contributed by atoms with van der Waals surface area (Å²) in [5.74, 6) is -2.12. The van der Waals surface area contributed by atoms with Crippen molar-refractivity contribution in [2.75, 3.05) is 0 Å². The van der Waals surface area contributed by atoms with Crippen LogP contribution in [0.2, 0.25) is 5.02 Å². The number of carboxylic acid groups (broad SMARTS) is 1. The molecule has 1 aromatic carbocycles. The Morgan fingerprint density at radius 1 is 1.35 bits per heavy atom. The van der Waals surface area contributed by atoms with Crippen LogP contribution in [0.3, 0.4) is 0 Å². The van der Waals surface area contributed by atoms with Crippen LogP contribution in [0.1, 0.15) is 5.76 Å². The zero-order chi connectivity index (χ0) is 12.4. The highest BCUT2D eigenvalue weighted by molar-refractivity contribution is 6.31. The van der Waals surface area contributed by atoms with Gasteiger partial charge in [-0.25, -0.2) is 4.79 Å². The number of aliphatic carboxylic acids is 1. The molecule has 1 aromatic heterocycles. The van der Waals surface area contributed by atoms with Crippen LogP contribution in [-0.2, 0) is 16.1 Å². The summed E-state index contributed by atoms with van der Waals surface area (Å²) >= 11 is 5.81. The molecule has 2 N–H and O–H groups in total. The van der Waals surface area contributed by atoms with Crippen molar-refractivity contribution >= 4 is 34.4 Å². The van der Waals surface area contributed by atoms with Gasteiger partial charge in [0.05, 0.1) is 6.54 Å². The molecule has 0 fully saturated rings. The third-order valence-corrected chi connectivity index (χ3v) is 2.38. The zero-order valence-corrected chi connectivity index (χ0v) is 9.32. The number of hydrogen-bond donors (Lipinski definition) is 2. The molecule has 0 atom stereocenters. The first-order valence-electron chi connectivity index (χ1n) is 4.75. The van der Waals surface area contributed by atoms with Crippen molar-refractivity contribution in [2.45, 2.75) is 6.54 Å². The molecule has 88 valence electrons. The maximum Gasteiger partial charge on any atom is 0.394 e. The molecule has 1 heterocycles. The minimum Gasteiger partial charge on any atom is -0.474 e. The van der Waals surface area contributed by atoms with Crippen molar-refractivity contribution in [1.29, 1.82) is 0 Å². The van der Waals surface area contributed by atoms with E-state index >= 15 is 0 Å². The molecular weight excluding hydrogens is 246 g/mol. The van der Waals surface area contributed by atoms with E-state index in [0.717, 1.165) is 5.39 Å². The van der Waals surface area contributed by atoms with Gasteiger partial charge in [0.25, 0.3) is 0 Å². The van der Waals surface area contributed by atoms with Crippen LogP contribution in [0.15, 0.2) is 28.7 Å². The Kier molecular flexibility index (Phi) is 3.01. The van der Waals surface area contributed by atoms with Gasteiger partial charge in [0.15, 0.2) is 0 Å². The molecule has 0 aliphatic carbocycles. The third kappa shape index (κ3) is 2.57. The van der Waals surface area contributed by atoms with Crippen molar-refractivity contribution in [3.8, 4) is 0 Å². The molecule has 0 unspecified atom stereocenters. The van der Waals surface area contributed by atoms with Crippen molar-refractivity contribution < 1.29 is 19.1 Å². The number of carbonyl (C=O) groups is 2. The minimum absolute atomic E-state index is 0.0252. The Morgan fingerprint density at radius 2 is 2.12 bits per heavy atom. The normalized spacial score (nSPS) is 10.4. The number of carboxylic acids is 1. The van der Waals surface area contributed by atoms with Gasteiger partial charge in [-0.1, -0.05) is 11.6 Å². The fourth-order valence-electron chi connectivity index (χ4n) is 1.40. The van der Waals surface area contributed by atoms with Crippen LogP contribution in [-0.4, -0.2) is 17.0 Å². The monoisotopic (exact) mass is 253 g/mol. The van der Waals surface area contributed by atoms with Gasteiger partial charge in [-0.3, -0.25) is 4.79 Å². The Bertz CT molecular complexity index is 590. The molecule has 1 amide bonds. The number of amides is 1. The second kappa shape index (κ2) is 4.47. The summed E-state index contributed by atoms with van der Waals surface area (Å²) in [5.41, 5.74) is 0.633. The average Bonchev–Trinajstić information content (AvgIpc) is 2.67. The molecule has 5 nitrogen and oxygen atoms in total. The standard InChI is InChI=1S/C11H8ClNO4/c12-7-1-2-9-6(3-7)4-8(17-9)5-13-10(14)11(15)16/h1-4H,5H2,(H,13,14)(H,15,16). The van der Waals surface area contributed by atoms with Crippen molar-refractivity contribution in [1.82, 2.24) is 5.32 Å². The molecule has 2 aromatic rings. The number of carbonyl (C=O) groups excluding carboxylic acids is 1. The van der Waals surface area contributed by atoms with E-state index in [2.05, 4.69) is 5.32 Å². The van der Waals surface area contributed by atoms with Gasteiger partial charge in [-0.05, 0) is 24.3 Å². The van der Waals surface area contributed by atoms with E-state index in [1.165, 1.54) is 0 Å². The first-order chi connectivity index (χ1) is 8.06. The number of fused-ring (bicyclic) bond motifs is 1. The summed E-state index contributed by atoms with van der Waals surface area (Å²) in [5, 5.41) is 12.0. The number of benzene rings is 1. The maximum absolute atomic E-state index is 10.8. The van der Waals surface area contributed by atoms with E-state index in [1.54, 1.807) is 24.3 Å². The highest BCUT2D eigenvalue weighted by Crippen LogP contribution is 2.22. The van der Waals surface area contributed by atoms with Gasteiger partial charge in [-0.2, -0.15) is 0 Å². The van der Waals surface area contributed by atoms with E-state index < -0.39 is 11.9 Å². The summed E-state index contributed by atoms with van der Waals surface area (Å²) in [7, 11) is 0. The molecule has 0 saturated heterocycles. The lowest BCUT2D eigenvalue weighted by Crippen LogP contribution is -2.29. The lowest BCUT2D eigenvalue weighted by molar-refractivity contribution is -0.150. The molecule has 0 bridgehead atoms. The average molecular weight is 254 g/mol. The fraction of sp³-hybridized carbons (Fsp3) is 0.0909. The molecule has 0 saturated carbocycles. The molecule has 0 aliphatic rings. The van der Waals surface area contributed by atoms with E-state index in [-0.39, 0.29) is 6.54 Å². The molecular formula is C11H8ClNO4. The van der Waals surface area contributed by atoms with Gasteiger partial charge >= 0.3 is 11.9 Å². The van der Waals surface area contributed by atoms with E-state index in [1.807, 2.05) is 0 Å². The van der Waals surface area contributed by atoms with Gasteiger partial charge in [0.1, 0.15) is 11.3 Å². The van der Waals surface area contributed by atoms with Crippen LogP contribution < -0.4 is 5.32 Å². The number of nitrogens with one attached hydrogen (secondary N) is 1. The minimum atomic E-state index is -1.52. The lowest BCUT2D eigenvalue weighted by Gasteiger charge is -1.97. The second-order valence-electron chi connectivity index (χ2n) is 3.38. The highest BCUT2D eigenvalue weighted by atomic mass is 35.5. The molecule has 2 rings (SSSR count). The van der Waals surface area contributed by atoms with Crippen molar-refractivity contribution in [2.24, 2.45) is 0 Å². The summed E-state index contributed by atoms with van der Waals surface area (Å²) in [6.45, 7) is 0.0252. The van der Waals surface area contributed by atoms with Gasteiger partial charge < -0.3 is 14.8 Å². The molecule has 17 heavy (non-hydrogen) atoms. The summed E-state index contributed by atoms with van der Waals surface area (Å²) in [6.07, 6.45) is 0. The van der Waals surface area contributed by atoms with E-state index in [9.17, 15) is 9.59 Å². The number of halogens is 1. The van der Waals surface area contributed by atoms with Crippen molar-refractivity contribution in [3.63, 3.8) is 0 Å². The number of hydrogen-bond acceptors (Lipinski definition) is 3. The fourth-order valence-corrected chi connectivity index (χ4v) is 1.58. The molecule has 0 spiro atoms.